The highest BCUT2D eigenvalue weighted by molar-refractivity contribution is 7.85. The van der Waals surface area contributed by atoms with Gasteiger partial charge in [-0.25, -0.2) is 8.42 Å². The monoisotopic (exact) mass is 463 g/mol. The molecule has 1 aromatic carbocycles. The summed E-state index contributed by atoms with van der Waals surface area (Å²) in [5.41, 5.74) is 2.96. The SMILES string of the molecule is CCCCCCCCCCCCCCCC[N+]1=C(C)C(C)(C)c2cc(S(=O)(=O)[O-])ccc21. The molecule has 1 aliphatic heterocycles. The molecule has 0 fully saturated rings. The molecule has 0 spiro atoms. The minimum Gasteiger partial charge on any atom is -0.744 e. The topological polar surface area (TPSA) is 60.2 Å². The zero-order valence-corrected chi connectivity index (χ0v) is 21.7. The maximum absolute atomic E-state index is 11.5. The molecule has 0 unspecified atom stereocenters. The Bertz CT molecular complexity index is 856. The first-order valence-electron chi connectivity index (χ1n) is 12.9. The molecule has 0 saturated heterocycles. The number of unbranched alkanes of at least 4 members (excludes halogenated alkanes) is 13. The summed E-state index contributed by atoms with van der Waals surface area (Å²) in [6.07, 6.45) is 18.9. The third-order valence-electron chi connectivity index (χ3n) is 7.27. The standard InChI is InChI=1S/C27H45NO3S/c1-5-6-7-8-9-10-11-12-13-14-15-16-17-18-21-28-23(2)27(3,4)25-22-24(32(29,30)31)19-20-26(25)28/h19-20,22H,5-18,21H2,1-4H3. The number of hydrogen-bond acceptors (Lipinski definition) is 3. The molecule has 2 rings (SSSR count). The highest BCUT2D eigenvalue weighted by Gasteiger charge is 2.43. The van der Waals surface area contributed by atoms with Crippen LogP contribution in [0, 0.1) is 0 Å². The maximum atomic E-state index is 11.5. The molecule has 182 valence electrons. The van der Waals surface area contributed by atoms with Crippen LogP contribution in [-0.4, -0.2) is 29.8 Å². The highest BCUT2D eigenvalue weighted by Crippen LogP contribution is 2.40. The molecule has 0 saturated carbocycles. The molecule has 4 nitrogen and oxygen atoms in total. The molecule has 0 atom stereocenters. The summed E-state index contributed by atoms with van der Waals surface area (Å²) in [7, 11) is -4.43. The summed E-state index contributed by atoms with van der Waals surface area (Å²) in [5.74, 6) is 0. The number of rotatable bonds is 16. The van der Waals surface area contributed by atoms with Gasteiger partial charge in [0.25, 0.3) is 0 Å². The lowest BCUT2D eigenvalue weighted by molar-refractivity contribution is -0.439. The molecule has 1 aromatic rings. The van der Waals surface area contributed by atoms with E-state index < -0.39 is 10.1 Å². The Hall–Kier alpha value is -1.20. The van der Waals surface area contributed by atoms with Crippen molar-refractivity contribution in [1.29, 1.82) is 0 Å². The van der Waals surface area contributed by atoms with Crippen LogP contribution in [0.15, 0.2) is 23.1 Å². The van der Waals surface area contributed by atoms with E-state index >= 15 is 0 Å². The highest BCUT2D eigenvalue weighted by atomic mass is 32.2. The largest absolute Gasteiger partial charge is 0.744 e. The minimum atomic E-state index is -4.43. The molecule has 32 heavy (non-hydrogen) atoms. The lowest BCUT2D eigenvalue weighted by Gasteiger charge is -2.16. The van der Waals surface area contributed by atoms with Crippen molar-refractivity contribution in [2.45, 2.75) is 128 Å². The third kappa shape index (κ3) is 7.69. The van der Waals surface area contributed by atoms with Crippen molar-refractivity contribution in [3.63, 3.8) is 0 Å². The van der Waals surface area contributed by atoms with Gasteiger partial charge in [-0.3, -0.25) is 0 Å². The molecule has 5 heteroatoms. The van der Waals surface area contributed by atoms with E-state index in [-0.39, 0.29) is 10.3 Å². The summed E-state index contributed by atoms with van der Waals surface area (Å²) < 4.78 is 36.7. The van der Waals surface area contributed by atoms with Gasteiger partial charge in [0.05, 0.1) is 10.3 Å². The van der Waals surface area contributed by atoms with Gasteiger partial charge in [0.15, 0.2) is 5.71 Å². The predicted octanol–water partition coefficient (Wildman–Crippen LogP) is 7.47. The van der Waals surface area contributed by atoms with E-state index in [1.165, 1.54) is 95.2 Å². The lowest BCUT2D eigenvalue weighted by atomic mass is 9.82. The third-order valence-corrected chi connectivity index (χ3v) is 8.10. The van der Waals surface area contributed by atoms with Gasteiger partial charge in [0.1, 0.15) is 16.7 Å². The second-order valence-electron chi connectivity index (χ2n) is 10.1. The van der Waals surface area contributed by atoms with Gasteiger partial charge in [-0.2, -0.15) is 4.58 Å². The first-order chi connectivity index (χ1) is 15.2. The van der Waals surface area contributed by atoms with Gasteiger partial charge in [-0.05, 0) is 32.4 Å². The molecule has 0 aliphatic carbocycles. The summed E-state index contributed by atoms with van der Waals surface area (Å²) in [4.78, 5) is -0.129. The van der Waals surface area contributed by atoms with Gasteiger partial charge in [0.2, 0.25) is 5.69 Å². The molecule has 0 aromatic heterocycles. The molecule has 0 bridgehead atoms. The minimum absolute atomic E-state index is 0.129. The van der Waals surface area contributed by atoms with Crippen LogP contribution in [0.4, 0.5) is 5.69 Å². The van der Waals surface area contributed by atoms with Gasteiger partial charge in [-0.15, -0.1) is 0 Å². The van der Waals surface area contributed by atoms with Gasteiger partial charge in [0, 0.05) is 25.0 Å². The van der Waals surface area contributed by atoms with Gasteiger partial charge < -0.3 is 4.55 Å². The van der Waals surface area contributed by atoms with Gasteiger partial charge in [-0.1, -0.05) is 84.0 Å². The van der Waals surface area contributed by atoms with Crippen molar-refractivity contribution in [3.05, 3.63) is 23.8 Å². The van der Waals surface area contributed by atoms with E-state index in [9.17, 15) is 13.0 Å². The first-order valence-corrected chi connectivity index (χ1v) is 14.3. The van der Waals surface area contributed by atoms with Crippen LogP contribution in [0.2, 0.25) is 0 Å². The van der Waals surface area contributed by atoms with Gasteiger partial charge >= 0.3 is 0 Å². The average molecular weight is 464 g/mol. The Morgan fingerprint density at radius 1 is 0.812 bits per heavy atom. The Balaban J connectivity index is 1.66. The Morgan fingerprint density at radius 2 is 1.28 bits per heavy atom. The van der Waals surface area contributed by atoms with E-state index in [1.54, 1.807) is 6.07 Å². The Labute approximate surface area is 197 Å². The summed E-state index contributed by atoms with van der Waals surface area (Å²) in [5, 5.41) is 0. The fraction of sp³-hybridized carbons (Fsp3) is 0.741. The predicted molar refractivity (Wildman–Crippen MR) is 133 cm³/mol. The molecule has 0 radical (unpaired) electrons. The molecule has 1 heterocycles. The fourth-order valence-corrected chi connectivity index (χ4v) is 5.37. The van der Waals surface area contributed by atoms with Crippen LogP contribution in [0.1, 0.15) is 123 Å². The summed E-state index contributed by atoms with van der Waals surface area (Å²) in [6, 6.07) is 4.84. The molecule has 0 N–H and O–H groups in total. The normalized spacial score (nSPS) is 15.4. The smallest absolute Gasteiger partial charge is 0.209 e. The fourth-order valence-electron chi connectivity index (χ4n) is 4.87. The van der Waals surface area contributed by atoms with Crippen molar-refractivity contribution >= 4 is 21.5 Å². The van der Waals surface area contributed by atoms with E-state index in [0.29, 0.717) is 0 Å². The molecular weight excluding hydrogens is 418 g/mol. The van der Waals surface area contributed by atoms with E-state index in [1.807, 2.05) is 6.07 Å². The molecule has 1 aliphatic rings. The van der Waals surface area contributed by atoms with E-state index in [2.05, 4.69) is 32.3 Å². The van der Waals surface area contributed by atoms with E-state index in [4.69, 9.17) is 0 Å². The lowest BCUT2D eigenvalue weighted by Crippen LogP contribution is -2.26. The number of fused-ring (bicyclic) bond motifs is 1. The summed E-state index contributed by atoms with van der Waals surface area (Å²) in [6.45, 7) is 9.55. The van der Waals surface area contributed by atoms with Crippen molar-refractivity contribution < 1.29 is 17.5 Å². The quantitative estimate of drug-likeness (QED) is 0.145. The number of benzene rings is 1. The summed E-state index contributed by atoms with van der Waals surface area (Å²) >= 11 is 0. The van der Waals surface area contributed by atoms with Crippen LogP contribution in [-0.2, 0) is 15.5 Å². The van der Waals surface area contributed by atoms with Crippen LogP contribution in [0.5, 0.6) is 0 Å². The van der Waals surface area contributed by atoms with Crippen LogP contribution >= 0.6 is 0 Å². The second kappa shape index (κ2) is 12.9. The molecule has 0 amide bonds. The van der Waals surface area contributed by atoms with Crippen molar-refractivity contribution in [2.24, 2.45) is 0 Å². The van der Waals surface area contributed by atoms with Crippen molar-refractivity contribution in [3.8, 4) is 0 Å². The number of nitrogens with zero attached hydrogens (tertiary/aromatic N) is 1. The van der Waals surface area contributed by atoms with Crippen LogP contribution in [0.25, 0.3) is 0 Å². The Morgan fingerprint density at radius 3 is 1.75 bits per heavy atom. The zero-order chi connectivity index (χ0) is 23.6. The van der Waals surface area contributed by atoms with Crippen LogP contribution < -0.4 is 0 Å². The van der Waals surface area contributed by atoms with Crippen molar-refractivity contribution in [1.82, 2.24) is 0 Å². The zero-order valence-electron chi connectivity index (χ0n) is 20.9. The van der Waals surface area contributed by atoms with Crippen LogP contribution in [0.3, 0.4) is 0 Å². The Kier molecular flexibility index (Phi) is 10.9. The second-order valence-corrected chi connectivity index (χ2v) is 11.5. The molecular formula is C27H45NO3S. The maximum Gasteiger partial charge on any atom is 0.209 e. The van der Waals surface area contributed by atoms with Crippen molar-refractivity contribution in [2.75, 3.05) is 6.54 Å². The first kappa shape index (κ1) is 27.0. The van der Waals surface area contributed by atoms with E-state index in [0.717, 1.165) is 24.2 Å². The number of hydrogen-bond donors (Lipinski definition) is 0. The average Bonchev–Trinajstić information content (AvgIpc) is 2.93.